The van der Waals surface area contributed by atoms with Crippen molar-refractivity contribution in [3.63, 3.8) is 0 Å². The average molecular weight is 446 g/mol. The fraction of sp³-hybridized carbons (Fsp3) is 0.458. The van der Waals surface area contributed by atoms with E-state index in [-0.39, 0.29) is 6.04 Å². The van der Waals surface area contributed by atoms with Gasteiger partial charge in [0.1, 0.15) is 11.5 Å². The Bertz CT molecular complexity index is 921. The van der Waals surface area contributed by atoms with E-state index in [2.05, 4.69) is 4.90 Å². The number of nitrogens with zero attached hydrogens (tertiary/aromatic N) is 1. The van der Waals surface area contributed by atoms with Crippen LogP contribution in [-0.4, -0.2) is 64.6 Å². The summed E-state index contributed by atoms with van der Waals surface area (Å²) < 4.78 is 27.8. The van der Waals surface area contributed by atoms with Gasteiger partial charge in [0.05, 0.1) is 47.5 Å². The molecule has 2 aromatic rings. The Kier molecular flexibility index (Phi) is 7.69. The molecule has 2 unspecified atom stereocenters. The van der Waals surface area contributed by atoms with Gasteiger partial charge >= 0.3 is 5.97 Å². The lowest BCUT2D eigenvalue weighted by atomic mass is 9.90. The zero-order valence-corrected chi connectivity index (χ0v) is 19.2. The van der Waals surface area contributed by atoms with Crippen LogP contribution in [0.5, 0.6) is 28.7 Å². The van der Waals surface area contributed by atoms with Crippen LogP contribution in [0.1, 0.15) is 30.0 Å². The van der Waals surface area contributed by atoms with Crippen LogP contribution in [0.25, 0.3) is 0 Å². The second-order valence-electron chi connectivity index (χ2n) is 7.64. The molecule has 0 amide bonds. The van der Waals surface area contributed by atoms with Crippen LogP contribution in [0.15, 0.2) is 30.3 Å². The van der Waals surface area contributed by atoms with Gasteiger partial charge in [0.2, 0.25) is 5.75 Å². The molecule has 32 heavy (non-hydrogen) atoms. The van der Waals surface area contributed by atoms with E-state index in [1.54, 1.807) is 35.5 Å². The third-order valence-electron chi connectivity index (χ3n) is 5.90. The van der Waals surface area contributed by atoms with Crippen molar-refractivity contribution in [1.82, 2.24) is 4.90 Å². The monoisotopic (exact) mass is 445 g/mol. The molecule has 1 aliphatic rings. The molecule has 1 heterocycles. The number of aliphatic carboxylic acids is 1. The van der Waals surface area contributed by atoms with Crippen molar-refractivity contribution in [3.05, 3.63) is 41.5 Å². The Labute approximate surface area is 188 Å². The van der Waals surface area contributed by atoms with E-state index in [0.29, 0.717) is 41.7 Å². The first-order valence-electron chi connectivity index (χ1n) is 10.5. The smallest absolute Gasteiger partial charge is 0.307 e. The third-order valence-corrected chi connectivity index (χ3v) is 5.90. The number of hydrogen-bond donors (Lipinski definition) is 1. The summed E-state index contributed by atoms with van der Waals surface area (Å²) >= 11 is 0. The average Bonchev–Trinajstić information content (AvgIpc) is 2.83. The minimum Gasteiger partial charge on any atom is -0.497 e. The third kappa shape index (κ3) is 4.70. The van der Waals surface area contributed by atoms with Gasteiger partial charge in [-0.3, -0.25) is 9.69 Å². The number of likely N-dealkylation sites (tertiary alicyclic amines) is 1. The van der Waals surface area contributed by atoms with Crippen molar-refractivity contribution in [1.29, 1.82) is 0 Å². The van der Waals surface area contributed by atoms with Gasteiger partial charge in [-0.05, 0) is 55.3 Å². The molecule has 3 rings (SSSR count). The van der Waals surface area contributed by atoms with Gasteiger partial charge in [-0.25, -0.2) is 0 Å². The van der Waals surface area contributed by atoms with Crippen LogP contribution in [0.2, 0.25) is 0 Å². The van der Waals surface area contributed by atoms with E-state index in [1.807, 2.05) is 30.3 Å². The van der Waals surface area contributed by atoms with E-state index in [0.717, 1.165) is 24.1 Å². The van der Waals surface area contributed by atoms with Crippen molar-refractivity contribution in [2.75, 3.05) is 48.6 Å². The highest BCUT2D eigenvalue weighted by molar-refractivity contribution is 5.70. The molecule has 2 aromatic carbocycles. The SMILES string of the molecule is COc1ccc(OC)c(C(c2cc(OC)c(OC)c(OC)c2)N2CCCC(C(=O)O)C2)c1. The van der Waals surface area contributed by atoms with Gasteiger partial charge in [0.15, 0.2) is 11.5 Å². The molecule has 1 aliphatic heterocycles. The number of carbonyl (C=O) groups is 1. The van der Waals surface area contributed by atoms with Gasteiger partial charge in [0, 0.05) is 12.1 Å². The normalized spacial score (nSPS) is 17.3. The zero-order chi connectivity index (χ0) is 23.3. The Morgan fingerprint density at radius 3 is 2.12 bits per heavy atom. The highest BCUT2D eigenvalue weighted by Gasteiger charge is 2.34. The maximum atomic E-state index is 11.8. The quantitative estimate of drug-likeness (QED) is 0.626. The van der Waals surface area contributed by atoms with E-state index >= 15 is 0 Å². The molecule has 174 valence electrons. The zero-order valence-electron chi connectivity index (χ0n) is 19.2. The number of carboxylic acid groups (broad SMARTS) is 1. The molecule has 2 atom stereocenters. The highest BCUT2D eigenvalue weighted by Crippen LogP contribution is 2.45. The van der Waals surface area contributed by atoms with Crippen molar-refractivity contribution >= 4 is 5.97 Å². The van der Waals surface area contributed by atoms with Gasteiger partial charge in [0.25, 0.3) is 0 Å². The van der Waals surface area contributed by atoms with Crippen LogP contribution in [-0.2, 0) is 4.79 Å². The molecule has 1 saturated heterocycles. The maximum Gasteiger partial charge on any atom is 0.307 e. The van der Waals surface area contributed by atoms with Gasteiger partial charge < -0.3 is 28.8 Å². The molecule has 0 spiro atoms. The summed E-state index contributed by atoms with van der Waals surface area (Å²) in [5, 5.41) is 9.67. The molecular weight excluding hydrogens is 414 g/mol. The summed E-state index contributed by atoms with van der Waals surface area (Å²) in [6.45, 7) is 1.16. The lowest BCUT2D eigenvalue weighted by molar-refractivity contribution is -0.143. The summed E-state index contributed by atoms with van der Waals surface area (Å²) in [7, 11) is 7.94. The van der Waals surface area contributed by atoms with Crippen LogP contribution in [0.4, 0.5) is 0 Å². The summed E-state index contributed by atoms with van der Waals surface area (Å²) in [5.41, 5.74) is 1.74. The molecule has 0 saturated carbocycles. The number of methoxy groups -OCH3 is 5. The second-order valence-corrected chi connectivity index (χ2v) is 7.64. The van der Waals surface area contributed by atoms with Crippen molar-refractivity contribution in [3.8, 4) is 28.7 Å². The summed E-state index contributed by atoms with van der Waals surface area (Å²) in [5.74, 6) is 1.70. The standard InChI is InChI=1S/C24H31NO7/c1-28-17-8-9-19(29-2)18(13-17)22(25-10-6-7-15(14-25)24(26)27)16-11-20(30-3)23(32-5)21(12-16)31-4/h8-9,11-13,15,22H,6-7,10,14H2,1-5H3,(H,26,27). The molecule has 0 aliphatic carbocycles. The van der Waals surface area contributed by atoms with E-state index in [4.69, 9.17) is 23.7 Å². The van der Waals surface area contributed by atoms with Crippen molar-refractivity contribution < 1.29 is 33.6 Å². The number of rotatable bonds is 9. The molecule has 0 aromatic heterocycles. The summed E-state index contributed by atoms with van der Waals surface area (Å²) in [4.78, 5) is 13.9. The van der Waals surface area contributed by atoms with E-state index < -0.39 is 11.9 Å². The molecule has 0 radical (unpaired) electrons. The number of piperidine rings is 1. The number of ether oxygens (including phenoxy) is 5. The second kappa shape index (κ2) is 10.5. The van der Waals surface area contributed by atoms with Gasteiger partial charge in [-0.1, -0.05) is 0 Å². The highest BCUT2D eigenvalue weighted by atomic mass is 16.5. The van der Waals surface area contributed by atoms with E-state index in [9.17, 15) is 9.90 Å². The predicted molar refractivity (Wildman–Crippen MR) is 119 cm³/mol. The minimum absolute atomic E-state index is 0.309. The minimum atomic E-state index is -0.782. The molecule has 8 heteroatoms. The van der Waals surface area contributed by atoms with Crippen molar-refractivity contribution in [2.45, 2.75) is 18.9 Å². The topological polar surface area (TPSA) is 86.7 Å². The Balaban J connectivity index is 2.21. The van der Waals surface area contributed by atoms with Gasteiger partial charge in [-0.15, -0.1) is 0 Å². The predicted octanol–water partition coefficient (Wildman–Crippen LogP) is 3.62. The molecule has 0 bridgehead atoms. The van der Waals surface area contributed by atoms with E-state index in [1.165, 1.54) is 0 Å². The van der Waals surface area contributed by atoms with Crippen molar-refractivity contribution in [2.24, 2.45) is 5.92 Å². The lowest BCUT2D eigenvalue weighted by Crippen LogP contribution is -2.41. The first kappa shape index (κ1) is 23.5. The lowest BCUT2D eigenvalue weighted by Gasteiger charge is -2.38. The number of hydrogen-bond acceptors (Lipinski definition) is 7. The fourth-order valence-electron chi connectivity index (χ4n) is 4.34. The number of carboxylic acids is 1. The summed E-state index contributed by atoms with van der Waals surface area (Å²) in [6, 6.07) is 9.11. The molecular formula is C24H31NO7. The number of benzene rings is 2. The Morgan fingerprint density at radius 1 is 0.938 bits per heavy atom. The molecule has 1 N–H and O–H groups in total. The van der Waals surface area contributed by atoms with Crippen LogP contribution in [0.3, 0.4) is 0 Å². The fourth-order valence-corrected chi connectivity index (χ4v) is 4.34. The molecule has 1 fully saturated rings. The summed E-state index contributed by atoms with van der Waals surface area (Å²) in [6.07, 6.45) is 1.44. The Morgan fingerprint density at radius 2 is 1.59 bits per heavy atom. The first-order valence-corrected chi connectivity index (χ1v) is 10.5. The van der Waals surface area contributed by atoms with Crippen LogP contribution in [0, 0.1) is 5.92 Å². The van der Waals surface area contributed by atoms with Gasteiger partial charge in [-0.2, -0.15) is 0 Å². The first-order chi connectivity index (χ1) is 15.5. The Hall–Kier alpha value is -3.13. The largest absolute Gasteiger partial charge is 0.497 e. The molecule has 8 nitrogen and oxygen atoms in total. The van der Waals surface area contributed by atoms with Crippen LogP contribution < -0.4 is 23.7 Å². The van der Waals surface area contributed by atoms with Crippen LogP contribution >= 0.6 is 0 Å². The maximum absolute atomic E-state index is 11.8.